The average molecular weight is 292 g/mol. The second-order valence-corrected chi connectivity index (χ2v) is 6.75. The maximum absolute atomic E-state index is 12.5. The fraction of sp³-hybridized carbons (Fsp3) is 0.562. The van der Waals surface area contributed by atoms with Gasteiger partial charge >= 0.3 is 0 Å². The monoisotopic (exact) mass is 292 g/mol. The Morgan fingerprint density at radius 1 is 1.35 bits per heavy atom. The number of thioether (sulfide) groups is 1. The Kier molecular flexibility index (Phi) is 5.11. The van der Waals surface area contributed by atoms with Crippen LogP contribution in [0.3, 0.4) is 0 Å². The number of hydrogen-bond donors (Lipinski definition) is 1. The van der Waals surface area contributed by atoms with E-state index in [1.807, 2.05) is 4.90 Å². The standard InChI is InChI=1S/C16H24N2OS/c1-5-14-16(19)18(10-12(3)20-4)15(17-14)13-8-6-11(2)7-9-13/h6-9,12,14-15,17H,5,10H2,1-4H3. The second-order valence-electron chi connectivity index (χ2n) is 5.48. The molecule has 2 rings (SSSR count). The Morgan fingerprint density at radius 2 is 2.00 bits per heavy atom. The highest BCUT2D eigenvalue weighted by Gasteiger charge is 2.38. The van der Waals surface area contributed by atoms with Gasteiger partial charge in [-0.15, -0.1) is 0 Å². The van der Waals surface area contributed by atoms with Crippen LogP contribution in [0.4, 0.5) is 0 Å². The average Bonchev–Trinajstić information content (AvgIpc) is 2.76. The number of carbonyl (C=O) groups excluding carboxylic acids is 1. The van der Waals surface area contributed by atoms with Gasteiger partial charge in [0.05, 0.1) is 6.04 Å². The third-order valence-electron chi connectivity index (χ3n) is 3.91. The van der Waals surface area contributed by atoms with Crippen molar-refractivity contribution in [3.05, 3.63) is 35.4 Å². The third-order valence-corrected chi connectivity index (χ3v) is 4.86. The molecule has 3 nitrogen and oxygen atoms in total. The van der Waals surface area contributed by atoms with Crippen LogP contribution in [0.25, 0.3) is 0 Å². The lowest BCUT2D eigenvalue weighted by molar-refractivity contribution is -0.130. The van der Waals surface area contributed by atoms with E-state index in [1.54, 1.807) is 11.8 Å². The normalized spacial score (nSPS) is 24.2. The summed E-state index contributed by atoms with van der Waals surface area (Å²) >= 11 is 1.80. The molecule has 3 atom stereocenters. The van der Waals surface area contributed by atoms with Crippen LogP contribution in [-0.2, 0) is 4.79 Å². The lowest BCUT2D eigenvalue weighted by Gasteiger charge is -2.27. The first-order valence-corrected chi connectivity index (χ1v) is 8.51. The third kappa shape index (κ3) is 3.18. The fourth-order valence-corrected chi connectivity index (χ4v) is 2.85. The summed E-state index contributed by atoms with van der Waals surface area (Å²) in [6.45, 7) is 7.11. The zero-order valence-electron chi connectivity index (χ0n) is 12.7. The molecule has 1 aliphatic heterocycles. The van der Waals surface area contributed by atoms with E-state index in [0.717, 1.165) is 13.0 Å². The highest BCUT2D eigenvalue weighted by Crippen LogP contribution is 2.28. The SMILES string of the molecule is CCC1NC(c2ccc(C)cc2)N(CC(C)SC)C1=O. The molecule has 0 aromatic heterocycles. The molecule has 1 fully saturated rings. The van der Waals surface area contributed by atoms with Crippen molar-refractivity contribution in [3.8, 4) is 0 Å². The summed E-state index contributed by atoms with van der Waals surface area (Å²) in [5.74, 6) is 0.235. The lowest BCUT2D eigenvalue weighted by Crippen LogP contribution is -2.35. The van der Waals surface area contributed by atoms with Crippen LogP contribution >= 0.6 is 11.8 Å². The van der Waals surface area contributed by atoms with E-state index < -0.39 is 0 Å². The van der Waals surface area contributed by atoms with E-state index in [0.29, 0.717) is 5.25 Å². The van der Waals surface area contributed by atoms with E-state index in [1.165, 1.54) is 11.1 Å². The van der Waals surface area contributed by atoms with Crippen molar-refractivity contribution in [1.29, 1.82) is 0 Å². The summed E-state index contributed by atoms with van der Waals surface area (Å²) in [6, 6.07) is 8.41. The van der Waals surface area contributed by atoms with Crippen LogP contribution in [0.15, 0.2) is 24.3 Å². The number of carbonyl (C=O) groups is 1. The van der Waals surface area contributed by atoms with Crippen molar-refractivity contribution in [2.24, 2.45) is 0 Å². The molecule has 4 heteroatoms. The van der Waals surface area contributed by atoms with Gasteiger partial charge in [0, 0.05) is 11.8 Å². The number of benzene rings is 1. The largest absolute Gasteiger partial charge is 0.320 e. The van der Waals surface area contributed by atoms with Crippen LogP contribution in [0.1, 0.15) is 37.6 Å². The smallest absolute Gasteiger partial charge is 0.241 e. The van der Waals surface area contributed by atoms with Crippen molar-refractivity contribution in [1.82, 2.24) is 10.2 Å². The van der Waals surface area contributed by atoms with Gasteiger partial charge in [0.15, 0.2) is 0 Å². The van der Waals surface area contributed by atoms with Gasteiger partial charge in [0.2, 0.25) is 5.91 Å². The molecule has 1 aromatic rings. The Morgan fingerprint density at radius 3 is 2.55 bits per heavy atom. The van der Waals surface area contributed by atoms with Gasteiger partial charge in [-0.25, -0.2) is 0 Å². The van der Waals surface area contributed by atoms with Crippen LogP contribution in [0.2, 0.25) is 0 Å². The van der Waals surface area contributed by atoms with E-state index in [2.05, 4.69) is 56.6 Å². The quantitative estimate of drug-likeness (QED) is 0.905. The Labute approximate surface area is 126 Å². The van der Waals surface area contributed by atoms with Gasteiger partial charge < -0.3 is 4.90 Å². The van der Waals surface area contributed by atoms with Crippen molar-refractivity contribution >= 4 is 17.7 Å². The zero-order chi connectivity index (χ0) is 14.7. The molecule has 110 valence electrons. The van der Waals surface area contributed by atoms with Crippen molar-refractivity contribution in [2.45, 2.75) is 44.6 Å². The summed E-state index contributed by atoms with van der Waals surface area (Å²) in [5.41, 5.74) is 2.42. The molecule has 20 heavy (non-hydrogen) atoms. The Balaban J connectivity index is 2.23. The summed E-state index contributed by atoms with van der Waals surface area (Å²) in [7, 11) is 0. The number of aryl methyl sites for hydroxylation is 1. The predicted molar refractivity (Wildman–Crippen MR) is 85.8 cm³/mol. The molecule has 1 aliphatic rings. The lowest BCUT2D eigenvalue weighted by atomic mass is 10.1. The van der Waals surface area contributed by atoms with E-state index in [-0.39, 0.29) is 18.1 Å². The second kappa shape index (κ2) is 6.64. The van der Waals surface area contributed by atoms with Gasteiger partial charge in [-0.05, 0) is 25.2 Å². The zero-order valence-corrected chi connectivity index (χ0v) is 13.5. The fourth-order valence-electron chi connectivity index (χ4n) is 2.54. The molecule has 0 saturated carbocycles. The first-order chi connectivity index (χ1) is 9.56. The molecule has 0 radical (unpaired) electrons. The molecule has 3 unspecified atom stereocenters. The van der Waals surface area contributed by atoms with E-state index in [4.69, 9.17) is 0 Å². The highest BCUT2D eigenvalue weighted by atomic mass is 32.2. The van der Waals surface area contributed by atoms with Gasteiger partial charge in [0.25, 0.3) is 0 Å². The van der Waals surface area contributed by atoms with Gasteiger partial charge in [-0.2, -0.15) is 11.8 Å². The molecule has 1 heterocycles. The van der Waals surface area contributed by atoms with E-state index in [9.17, 15) is 4.79 Å². The van der Waals surface area contributed by atoms with E-state index >= 15 is 0 Å². The van der Waals surface area contributed by atoms with Crippen molar-refractivity contribution in [3.63, 3.8) is 0 Å². The first-order valence-electron chi connectivity index (χ1n) is 7.22. The van der Waals surface area contributed by atoms with Crippen molar-refractivity contribution in [2.75, 3.05) is 12.8 Å². The summed E-state index contributed by atoms with van der Waals surface area (Å²) < 4.78 is 0. The molecule has 1 saturated heterocycles. The molecular weight excluding hydrogens is 268 g/mol. The summed E-state index contributed by atoms with van der Waals surface area (Å²) in [6.07, 6.45) is 2.95. The molecule has 1 aromatic carbocycles. The number of rotatable bonds is 5. The van der Waals surface area contributed by atoms with Crippen LogP contribution in [0, 0.1) is 6.92 Å². The number of amides is 1. The molecule has 1 amide bonds. The Hall–Kier alpha value is -1.00. The minimum absolute atomic E-state index is 0.0163. The molecule has 0 spiro atoms. The number of nitrogens with one attached hydrogen (secondary N) is 1. The maximum Gasteiger partial charge on any atom is 0.241 e. The predicted octanol–water partition coefficient (Wildman–Crippen LogP) is 2.96. The summed E-state index contributed by atoms with van der Waals surface area (Å²) in [4.78, 5) is 14.5. The molecule has 0 bridgehead atoms. The Bertz CT molecular complexity index is 460. The minimum Gasteiger partial charge on any atom is -0.320 e. The maximum atomic E-state index is 12.5. The highest BCUT2D eigenvalue weighted by molar-refractivity contribution is 7.99. The number of nitrogens with zero attached hydrogens (tertiary/aromatic N) is 1. The van der Waals surface area contributed by atoms with Gasteiger partial charge in [0.1, 0.15) is 6.17 Å². The minimum atomic E-state index is -0.0460. The number of hydrogen-bond acceptors (Lipinski definition) is 3. The topological polar surface area (TPSA) is 32.3 Å². The van der Waals surface area contributed by atoms with Crippen LogP contribution in [0.5, 0.6) is 0 Å². The van der Waals surface area contributed by atoms with Crippen LogP contribution < -0.4 is 5.32 Å². The first kappa shape index (κ1) is 15.4. The summed E-state index contributed by atoms with van der Waals surface area (Å²) in [5, 5.41) is 3.92. The molecule has 0 aliphatic carbocycles. The van der Waals surface area contributed by atoms with Gasteiger partial charge in [-0.1, -0.05) is 43.7 Å². The van der Waals surface area contributed by atoms with Gasteiger partial charge in [-0.3, -0.25) is 10.1 Å². The molecular formula is C16H24N2OS. The molecule has 1 N–H and O–H groups in total. The van der Waals surface area contributed by atoms with Crippen LogP contribution in [-0.4, -0.2) is 34.9 Å². The van der Waals surface area contributed by atoms with Crippen molar-refractivity contribution < 1.29 is 4.79 Å².